The molecule has 0 spiro atoms. The van der Waals surface area contributed by atoms with Gasteiger partial charge >= 0.3 is 0 Å². The van der Waals surface area contributed by atoms with E-state index in [2.05, 4.69) is 10.4 Å². The van der Waals surface area contributed by atoms with Crippen molar-refractivity contribution in [2.45, 2.75) is 26.3 Å². The molecule has 0 saturated heterocycles. The van der Waals surface area contributed by atoms with Gasteiger partial charge in [0.1, 0.15) is 17.4 Å². The van der Waals surface area contributed by atoms with Gasteiger partial charge in [-0.05, 0) is 38.0 Å². The van der Waals surface area contributed by atoms with Crippen molar-refractivity contribution in [1.82, 2.24) is 19.5 Å². The van der Waals surface area contributed by atoms with Gasteiger partial charge in [-0.1, -0.05) is 6.07 Å². The molecule has 0 saturated carbocycles. The Labute approximate surface area is 178 Å². The molecular weight excluding hydrogens is 400 g/mol. The van der Waals surface area contributed by atoms with Crippen molar-refractivity contribution in [3.05, 3.63) is 58.3 Å². The summed E-state index contributed by atoms with van der Waals surface area (Å²) in [4.78, 5) is 25.7. The minimum absolute atomic E-state index is 0.283. The molecule has 31 heavy (non-hydrogen) atoms. The number of hydrogen-bond acceptors (Lipinski definition) is 6. The number of carbonyl (C=O) groups excluding carboxylic acids is 1. The van der Waals surface area contributed by atoms with E-state index < -0.39 is 6.04 Å². The Kier molecular flexibility index (Phi) is 5.41. The lowest BCUT2D eigenvalue weighted by atomic mass is 10.1. The van der Waals surface area contributed by atoms with E-state index in [-0.39, 0.29) is 11.5 Å². The second-order valence-corrected chi connectivity index (χ2v) is 7.24. The van der Waals surface area contributed by atoms with E-state index in [1.54, 1.807) is 50.9 Å². The molecule has 4 aromatic rings. The molecule has 0 aliphatic carbocycles. The van der Waals surface area contributed by atoms with Crippen molar-refractivity contribution in [3.8, 4) is 11.5 Å². The van der Waals surface area contributed by atoms with Gasteiger partial charge in [0.25, 0.3) is 5.56 Å². The van der Waals surface area contributed by atoms with Gasteiger partial charge < -0.3 is 19.2 Å². The van der Waals surface area contributed by atoms with Crippen LogP contribution in [0.2, 0.25) is 0 Å². The summed E-state index contributed by atoms with van der Waals surface area (Å²) >= 11 is 0. The fourth-order valence-electron chi connectivity index (χ4n) is 3.68. The van der Waals surface area contributed by atoms with E-state index in [1.807, 2.05) is 18.2 Å². The molecule has 0 aliphatic heterocycles. The van der Waals surface area contributed by atoms with Crippen LogP contribution in [0.4, 0.5) is 0 Å². The van der Waals surface area contributed by atoms with Crippen molar-refractivity contribution in [3.63, 3.8) is 0 Å². The first-order valence-corrected chi connectivity index (χ1v) is 9.91. The zero-order valence-corrected chi connectivity index (χ0v) is 17.8. The lowest BCUT2D eigenvalue weighted by Gasteiger charge is -2.16. The molecule has 0 aliphatic rings. The highest BCUT2D eigenvalue weighted by Gasteiger charge is 2.21. The highest BCUT2D eigenvalue weighted by Crippen LogP contribution is 2.27. The molecule has 1 atom stereocenters. The Bertz CT molecular complexity index is 1320. The monoisotopic (exact) mass is 424 g/mol. The lowest BCUT2D eigenvalue weighted by Crippen LogP contribution is -2.38. The maximum atomic E-state index is 13.0. The normalized spacial score (nSPS) is 12.3. The average Bonchev–Trinajstić information content (AvgIpc) is 3.37. The lowest BCUT2D eigenvalue weighted by molar-refractivity contribution is -0.124. The fraction of sp³-hybridized carbons (Fsp3) is 0.318. The summed E-state index contributed by atoms with van der Waals surface area (Å²) in [5.74, 6) is 1.60. The first-order chi connectivity index (χ1) is 14.9. The van der Waals surface area contributed by atoms with Crippen LogP contribution in [0, 0.1) is 6.92 Å². The van der Waals surface area contributed by atoms with Crippen LogP contribution in [-0.2, 0) is 11.2 Å². The molecule has 1 aromatic carbocycles. The SMILES string of the molecule is COc1ccc(CCNC(=O)[C@H](C)n2nc(C)n3c(cc4occc43)c2=O)cc1OC. The maximum Gasteiger partial charge on any atom is 0.291 e. The van der Waals surface area contributed by atoms with Gasteiger partial charge in [-0.2, -0.15) is 5.10 Å². The van der Waals surface area contributed by atoms with Crippen LogP contribution >= 0.6 is 0 Å². The van der Waals surface area contributed by atoms with E-state index in [1.165, 1.54) is 4.68 Å². The number of nitrogens with one attached hydrogen (secondary N) is 1. The highest BCUT2D eigenvalue weighted by molar-refractivity contribution is 5.83. The van der Waals surface area contributed by atoms with Gasteiger partial charge in [0.05, 0.1) is 26.0 Å². The standard InChI is InChI=1S/C22H24N4O5/c1-13(21(27)23-9-7-15-5-6-18(29-3)20(11-15)30-4)26-22(28)17-12-19-16(8-10-31-19)25(17)14(2)24-26/h5-6,8,10-13H,7,9H2,1-4H3,(H,23,27)/t13-/m0/s1. The predicted octanol–water partition coefficient (Wildman–Crippen LogP) is 2.49. The van der Waals surface area contributed by atoms with Crippen LogP contribution in [0.5, 0.6) is 11.5 Å². The number of carbonyl (C=O) groups is 1. The van der Waals surface area contributed by atoms with Crippen molar-refractivity contribution in [2.24, 2.45) is 0 Å². The molecule has 0 radical (unpaired) electrons. The highest BCUT2D eigenvalue weighted by atomic mass is 16.5. The number of hydrogen-bond donors (Lipinski definition) is 1. The second-order valence-electron chi connectivity index (χ2n) is 7.24. The fourth-order valence-corrected chi connectivity index (χ4v) is 3.68. The van der Waals surface area contributed by atoms with Crippen molar-refractivity contribution in [1.29, 1.82) is 0 Å². The number of benzene rings is 1. The Morgan fingerprint density at radius 1 is 1.16 bits per heavy atom. The number of aromatic nitrogens is 3. The molecule has 9 heteroatoms. The van der Waals surface area contributed by atoms with Crippen molar-refractivity contribution in [2.75, 3.05) is 20.8 Å². The van der Waals surface area contributed by atoms with Gasteiger partial charge in [-0.25, -0.2) is 4.68 Å². The van der Waals surface area contributed by atoms with E-state index in [9.17, 15) is 9.59 Å². The quantitative estimate of drug-likeness (QED) is 0.489. The molecule has 9 nitrogen and oxygen atoms in total. The number of rotatable bonds is 7. The Balaban J connectivity index is 1.49. The topological polar surface area (TPSA) is 100 Å². The van der Waals surface area contributed by atoms with Crippen LogP contribution in [-0.4, -0.2) is 40.9 Å². The largest absolute Gasteiger partial charge is 0.493 e. The first-order valence-electron chi connectivity index (χ1n) is 9.91. The third-order valence-electron chi connectivity index (χ3n) is 5.33. The summed E-state index contributed by atoms with van der Waals surface area (Å²) in [5, 5.41) is 7.24. The summed E-state index contributed by atoms with van der Waals surface area (Å²) in [6, 6.07) is 8.31. The summed E-state index contributed by atoms with van der Waals surface area (Å²) < 4.78 is 18.9. The number of methoxy groups -OCH3 is 2. The molecule has 4 rings (SSSR count). The van der Waals surface area contributed by atoms with Crippen LogP contribution in [0.15, 0.2) is 45.8 Å². The van der Waals surface area contributed by atoms with E-state index >= 15 is 0 Å². The number of fused-ring (bicyclic) bond motifs is 3. The van der Waals surface area contributed by atoms with Crippen LogP contribution < -0.4 is 20.3 Å². The molecule has 0 fully saturated rings. The number of furan rings is 1. The number of ether oxygens (including phenoxy) is 2. The zero-order valence-electron chi connectivity index (χ0n) is 17.8. The van der Waals surface area contributed by atoms with Gasteiger partial charge in [0, 0.05) is 18.7 Å². The zero-order chi connectivity index (χ0) is 22.1. The van der Waals surface area contributed by atoms with Gasteiger partial charge in [-0.15, -0.1) is 0 Å². The first kappa shape index (κ1) is 20.5. The smallest absolute Gasteiger partial charge is 0.291 e. The third-order valence-corrected chi connectivity index (χ3v) is 5.33. The van der Waals surface area contributed by atoms with Gasteiger partial charge in [0.15, 0.2) is 17.1 Å². The summed E-state index contributed by atoms with van der Waals surface area (Å²) in [6.45, 7) is 3.85. The molecule has 3 heterocycles. The molecule has 0 unspecified atom stereocenters. The Morgan fingerprint density at radius 3 is 2.68 bits per heavy atom. The molecule has 1 N–H and O–H groups in total. The van der Waals surface area contributed by atoms with Crippen LogP contribution in [0.3, 0.4) is 0 Å². The van der Waals surface area contributed by atoms with Gasteiger partial charge in [0.2, 0.25) is 5.91 Å². The van der Waals surface area contributed by atoms with E-state index in [0.29, 0.717) is 41.4 Å². The Morgan fingerprint density at radius 2 is 1.94 bits per heavy atom. The molecule has 3 aromatic heterocycles. The number of aryl methyl sites for hydroxylation is 1. The minimum atomic E-state index is -0.761. The summed E-state index contributed by atoms with van der Waals surface area (Å²) in [7, 11) is 3.16. The molecular formula is C22H24N4O5. The molecule has 162 valence electrons. The summed E-state index contributed by atoms with van der Waals surface area (Å²) in [5.41, 5.74) is 2.45. The number of amides is 1. The number of nitrogens with zero attached hydrogens (tertiary/aromatic N) is 3. The third kappa shape index (κ3) is 3.63. The molecule has 1 amide bonds. The van der Waals surface area contributed by atoms with Crippen molar-refractivity contribution < 1.29 is 18.7 Å². The second kappa shape index (κ2) is 8.17. The predicted molar refractivity (Wildman–Crippen MR) is 115 cm³/mol. The maximum absolute atomic E-state index is 13.0. The van der Waals surface area contributed by atoms with Crippen LogP contribution in [0.1, 0.15) is 24.4 Å². The van der Waals surface area contributed by atoms with E-state index in [4.69, 9.17) is 13.9 Å². The van der Waals surface area contributed by atoms with E-state index in [0.717, 1.165) is 11.1 Å². The van der Waals surface area contributed by atoms with Crippen molar-refractivity contribution >= 4 is 22.5 Å². The van der Waals surface area contributed by atoms with Gasteiger partial charge in [-0.3, -0.25) is 14.0 Å². The average molecular weight is 424 g/mol. The summed E-state index contributed by atoms with van der Waals surface area (Å²) in [6.07, 6.45) is 2.17. The van der Waals surface area contributed by atoms with Crippen LogP contribution in [0.25, 0.3) is 16.6 Å². The molecule has 0 bridgehead atoms. The minimum Gasteiger partial charge on any atom is -0.493 e. The Hall–Kier alpha value is -3.75.